The predicted octanol–water partition coefficient (Wildman–Crippen LogP) is 4.32. The van der Waals surface area contributed by atoms with E-state index in [9.17, 15) is 10.1 Å². The third kappa shape index (κ3) is 3.68. The number of ether oxygens (including phenoxy) is 1. The first-order valence-electron chi connectivity index (χ1n) is 8.10. The van der Waals surface area contributed by atoms with Crippen LogP contribution in [-0.2, 0) is 16.1 Å². The van der Waals surface area contributed by atoms with Gasteiger partial charge in [-0.25, -0.2) is 4.79 Å². The van der Waals surface area contributed by atoms with Crippen molar-refractivity contribution >= 4 is 38.9 Å². The van der Waals surface area contributed by atoms with Crippen molar-refractivity contribution in [1.82, 2.24) is 9.55 Å². The number of carbonyl (C=O) groups excluding carboxylic acids is 1. The molecule has 3 aromatic rings. The first kappa shape index (κ1) is 17.9. The summed E-state index contributed by atoms with van der Waals surface area (Å²) in [5.74, 6) is -0.618. The second kappa shape index (κ2) is 7.98. The van der Waals surface area contributed by atoms with Gasteiger partial charge in [0.1, 0.15) is 11.6 Å². The molecule has 0 N–H and O–H groups in total. The molecule has 1 aromatic carbocycles. The van der Waals surface area contributed by atoms with Crippen molar-refractivity contribution in [2.45, 2.75) is 13.5 Å². The molecular weight excluding hydrogens is 394 g/mol. The molecule has 0 spiro atoms. The molecule has 5 nitrogen and oxygen atoms in total. The highest BCUT2D eigenvalue weighted by Crippen LogP contribution is 2.31. The van der Waals surface area contributed by atoms with Crippen LogP contribution in [0.5, 0.6) is 0 Å². The van der Waals surface area contributed by atoms with Gasteiger partial charge < -0.3 is 9.30 Å². The van der Waals surface area contributed by atoms with E-state index in [0.29, 0.717) is 6.54 Å². The van der Waals surface area contributed by atoms with Gasteiger partial charge in [0, 0.05) is 27.8 Å². The molecule has 0 bridgehead atoms. The standard InChI is InChI=1S/C20H16BrN3O2/c1-2-26-20(25)14(11-22)10-15-12-24(13-16-6-3-4-9-23-16)18-8-5-7-17(21)19(15)18/h3-10,12H,2,13H2,1H3/b14-10+. The van der Waals surface area contributed by atoms with Crippen LogP contribution in [0.25, 0.3) is 17.0 Å². The number of rotatable bonds is 5. The predicted molar refractivity (Wildman–Crippen MR) is 103 cm³/mol. The van der Waals surface area contributed by atoms with Crippen molar-refractivity contribution in [2.75, 3.05) is 6.61 Å². The molecule has 130 valence electrons. The van der Waals surface area contributed by atoms with Crippen molar-refractivity contribution in [2.24, 2.45) is 0 Å². The highest BCUT2D eigenvalue weighted by atomic mass is 79.9. The van der Waals surface area contributed by atoms with Crippen LogP contribution in [0.2, 0.25) is 0 Å². The Balaban J connectivity index is 2.11. The van der Waals surface area contributed by atoms with Gasteiger partial charge >= 0.3 is 5.97 Å². The summed E-state index contributed by atoms with van der Waals surface area (Å²) in [5.41, 5.74) is 2.65. The summed E-state index contributed by atoms with van der Waals surface area (Å²) in [6.45, 7) is 2.52. The molecule has 0 aliphatic heterocycles. The molecule has 2 heterocycles. The minimum absolute atomic E-state index is 0.0283. The molecule has 3 rings (SSSR count). The number of aromatic nitrogens is 2. The summed E-state index contributed by atoms with van der Waals surface area (Å²) >= 11 is 3.57. The monoisotopic (exact) mass is 409 g/mol. The second-order valence-corrected chi connectivity index (χ2v) is 6.41. The molecule has 0 radical (unpaired) electrons. The number of benzene rings is 1. The molecule has 26 heavy (non-hydrogen) atoms. The lowest BCUT2D eigenvalue weighted by Gasteiger charge is -2.04. The topological polar surface area (TPSA) is 67.9 Å². The lowest BCUT2D eigenvalue weighted by atomic mass is 10.1. The minimum atomic E-state index is -0.618. The number of esters is 1. The third-order valence-corrected chi connectivity index (χ3v) is 4.52. The quantitative estimate of drug-likeness (QED) is 0.357. The van der Waals surface area contributed by atoms with Gasteiger partial charge in [0.05, 0.1) is 24.4 Å². The molecule has 0 saturated carbocycles. The maximum atomic E-state index is 12.0. The van der Waals surface area contributed by atoms with Crippen LogP contribution in [0.3, 0.4) is 0 Å². The molecule has 0 saturated heterocycles. The van der Waals surface area contributed by atoms with E-state index in [1.54, 1.807) is 19.2 Å². The third-order valence-electron chi connectivity index (χ3n) is 3.86. The summed E-state index contributed by atoms with van der Waals surface area (Å²) in [5, 5.41) is 10.3. The molecule has 0 aliphatic carbocycles. The fourth-order valence-corrected chi connectivity index (χ4v) is 3.33. The smallest absolute Gasteiger partial charge is 0.348 e. The first-order valence-corrected chi connectivity index (χ1v) is 8.89. The molecule has 6 heteroatoms. The van der Waals surface area contributed by atoms with E-state index in [2.05, 4.69) is 25.5 Å². The average Bonchev–Trinajstić information content (AvgIpc) is 2.99. The zero-order chi connectivity index (χ0) is 18.5. The van der Waals surface area contributed by atoms with Crippen LogP contribution in [0, 0.1) is 11.3 Å². The Morgan fingerprint density at radius 1 is 1.35 bits per heavy atom. The maximum Gasteiger partial charge on any atom is 0.348 e. The fraction of sp³-hybridized carbons (Fsp3) is 0.150. The van der Waals surface area contributed by atoms with E-state index >= 15 is 0 Å². The Morgan fingerprint density at radius 3 is 2.88 bits per heavy atom. The average molecular weight is 410 g/mol. The Kier molecular flexibility index (Phi) is 5.49. The van der Waals surface area contributed by atoms with Gasteiger partial charge in [-0.05, 0) is 37.3 Å². The Hall–Kier alpha value is -2.91. The maximum absolute atomic E-state index is 12.0. The molecule has 0 aliphatic rings. The summed E-state index contributed by atoms with van der Waals surface area (Å²) < 4.78 is 7.89. The number of hydrogen-bond donors (Lipinski definition) is 0. The van der Waals surface area contributed by atoms with Gasteiger partial charge in [-0.1, -0.05) is 28.1 Å². The molecule has 0 amide bonds. The van der Waals surface area contributed by atoms with Gasteiger partial charge in [0.25, 0.3) is 0 Å². The number of fused-ring (bicyclic) bond motifs is 1. The van der Waals surface area contributed by atoms with Gasteiger partial charge in [0.2, 0.25) is 0 Å². The Morgan fingerprint density at radius 2 is 2.19 bits per heavy atom. The fourth-order valence-electron chi connectivity index (χ4n) is 2.75. The summed E-state index contributed by atoms with van der Waals surface area (Å²) in [7, 11) is 0. The van der Waals surface area contributed by atoms with Crippen LogP contribution in [0.1, 0.15) is 18.2 Å². The zero-order valence-electron chi connectivity index (χ0n) is 14.1. The van der Waals surface area contributed by atoms with Crippen molar-refractivity contribution in [1.29, 1.82) is 5.26 Å². The summed E-state index contributed by atoms with van der Waals surface area (Å²) in [4.78, 5) is 16.3. The number of carbonyl (C=O) groups is 1. The molecule has 2 aromatic heterocycles. The van der Waals surface area contributed by atoms with Crippen molar-refractivity contribution < 1.29 is 9.53 Å². The van der Waals surface area contributed by atoms with Gasteiger partial charge in [-0.3, -0.25) is 4.98 Å². The van der Waals surface area contributed by atoms with Crippen LogP contribution in [0.4, 0.5) is 0 Å². The van der Waals surface area contributed by atoms with E-state index in [4.69, 9.17) is 4.74 Å². The van der Waals surface area contributed by atoms with Gasteiger partial charge in [-0.2, -0.15) is 5.26 Å². The van der Waals surface area contributed by atoms with Crippen LogP contribution >= 0.6 is 15.9 Å². The Labute approximate surface area is 159 Å². The number of nitrogens with zero attached hydrogens (tertiary/aromatic N) is 3. The zero-order valence-corrected chi connectivity index (χ0v) is 15.7. The SMILES string of the molecule is CCOC(=O)/C(C#N)=C/c1cn(Cc2ccccn2)c2cccc(Br)c12. The first-order chi connectivity index (χ1) is 12.6. The van der Waals surface area contributed by atoms with Gasteiger partial charge in [-0.15, -0.1) is 0 Å². The largest absolute Gasteiger partial charge is 0.462 e. The molecule has 0 fully saturated rings. The summed E-state index contributed by atoms with van der Waals surface area (Å²) in [6.07, 6.45) is 5.24. The van der Waals surface area contributed by atoms with E-state index in [0.717, 1.165) is 26.6 Å². The lowest BCUT2D eigenvalue weighted by Crippen LogP contribution is -2.05. The van der Waals surface area contributed by atoms with Gasteiger partial charge in [0.15, 0.2) is 0 Å². The number of hydrogen-bond acceptors (Lipinski definition) is 4. The second-order valence-electron chi connectivity index (χ2n) is 5.56. The number of nitriles is 1. The van der Waals surface area contributed by atoms with E-state index < -0.39 is 5.97 Å². The highest BCUT2D eigenvalue weighted by molar-refractivity contribution is 9.10. The number of pyridine rings is 1. The van der Waals surface area contributed by atoms with Crippen molar-refractivity contribution in [3.8, 4) is 6.07 Å². The summed E-state index contributed by atoms with van der Waals surface area (Å²) in [6, 6.07) is 13.6. The highest BCUT2D eigenvalue weighted by Gasteiger charge is 2.15. The van der Waals surface area contributed by atoms with E-state index in [-0.39, 0.29) is 12.2 Å². The van der Waals surface area contributed by atoms with E-state index in [1.165, 1.54) is 0 Å². The van der Waals surface area contributed by atoms with Crippen LogP contribution in [0.15, 0.2) is 58.8 Å². The van der Waals surface area contributed by atoms with Crippen molar-refractivity contribution in [3.63, 3.8) is 0 Å². The van der Waals surface area contributed by atoms with Crippen molar-refractivity contribution in [3.05, 3.63) is 70.1 Å². The normalized spacial score (nSPS) is 11.3. The Bertz CT molecular complexity index is 1020. The molecular formula is C20H16BrN3O2. The van der Waals surface area contributed by atoms with Crippen LogP contribution in [-0.4, -0.2) is 22.1 Å². The number of halogens is 1. The minimum Gasteiger partial charge on any atom is -0.462 e. The molecule has 0 atom stereocenters. The van der Waals surface area contributed by atoms with Crippen LogP contribution < -0.4 is 0 Å². The van der Waals surface area contributed by atoms with E-state index in [1.807, 2.05) is 48.7 Å². The molecule has 0 unspecified atom stereocenters. The lowest BCUT2D eigenvalue weighted by molar-refractivity contribution is -0.137.